The molecule has 3 fully saturated rings. The summed E-state index contributed by atoms with van der Waals surface area (Å²) < 4.78 is 0. The normalized spacial score (nSPS) is 45.4. The summed E-state index contributed by atoms with van der Waals surface area (Å²) in [5.41, 5.74) is 1.77. The second-order valence-electron chi connectivity index (χ2n) is 12.2. The molecule has 1 N–H and O–H groups in total. The molecule has 0 aromatic heterocycles. The van der Waals surface area contributed by atoms with Gasteiger partial charge in [0.05, 0.1) is 6.10 Å². The van der Waals surface area contributed by atoms with Crippen LogP contribution in [0, 0.1) is 46.3 Å². The van der Waals surface area contributed by atoms with Crippen molar-refractivity contribution in [2.75, 3.05) is 0 Å². The van der Waals surface area contributed by atoms with Gasteiger partial charge >= 0.3 is 0 Å². The zero-order valence-electron chi connectivity index (χ0n) is 19.5. The van der Waals surface area contributed by atoms with Gasteiger partial charge in [0, 0.05) is 5.92 Å². The number of carbonyl (C=O) groups is 1. The predicted octanol–water partition coefficient (Wildman–Crippen LogP) is 6.57. The van der Waals surface area contributed by atoms with Crippen molar-refractivity contribution in [3.63, 3.8) is 0 Å². The standard InChI is InChI=1S/C27H44O2/c1-17(2)7-6-8-18(3)21-9-10-22-25-23(12-14-27(21,22)5)26(4)13-11-20(28)15-19(26)16-24(25)29/h16-18,20-23,25,28H,6-15H2,1-5H3/t18-,20-,21-,22+,23+,25+,26+,27-/m1/s1. The molecule has 0 aromatic carbocycles. The van der Waals surface area contributed by atoms with Gasteiger partial charge in [-0.1, -0.05) is 59.5 Å². The molecule has 3 saturated carbocycles. The van der Waals surface area contributed by atoms with Gasteiger partial charge in [0.2, 0.25) is 0 Å². The Morgan fingerprint density at radius 1 is 1.03 bits per heavy atom. The average Bonchev–Trinajstić information content (AvgIpc) is 3.00. The first-order valence-corrected chi connectivity index (χ1v) is 12.6. The highest BCUT2D eigenvalue weighted by molar-refractivity contribution is 5.94. The Hall–Kier alpha value is -0.630. The molecule has 0 unspecified atom stereocenters. The summed E-state index contributed by atoms with van der Waals surface area (Å²) in [6, 6.07) is 0. The fraction of sp³-hybridized carbons (Fsp3) is 0.889. The Balaban J connectivity index is 1.54. The molecule has 0 saturated heterocycles. The Labute approximate surface area is 178 Å². The molecule has 2 heteroatoms. The van der Waals surface area contributed by atoms with Crippen molar-refractivity contribution in [2.24, 2.45) is 46.3 Å². The van der Waals surface area contributed by atoms with E-state index in [2.05, 4.69) is 34.6 Å². The van der Waals surface area contributed by atoms with E-state index >= 15 is 0 Å². The minimum Gasteiger partial charge on any atom is -0.393 e. The summed E-state index contributed by atoms with van der Waals surface area (Å²) in [4.78, 5) is 13.4. The molecule has 0 aromatic rings. The van der Waals surface area contributed by atoms with Crippen molar-refractivity contribution in [2.45, 2.75) is 105 Å². The van der Waals surface area contributed by atoms with Crippen LogP contribution in [0.3, 0.4) is 0 Å². The highest BCUT2D eigenvalue weighted by Gasteiger charge is 2.61. The third-order valence-electron chi connectivity index (χ3n) is 10.1. The average molecular weight is 401 g/mol. The molecule has 29 heavy (non-hydrogen) atoms. The third kappa shape index (κ3) is 3.56. The lowest BCUT2D eigenvalue weighted by Gasteiger charge is -2.57. The monoisotopic (exact) mass is 400 g/mol. The summed E-state index contributed by atoms with van der Waals surface area (Å²) in [7, 11) is 0. The van der Waals surface area contributed by atoms with Gasteiger partial charge in [-0.25, -0.2) is 0 Å². The first-order valence-electron chi connectivity index (χ1n) is 12.6. The Morgan fingerprint density at radius 3 is 2.52 bits per heavy atom. The molecular weight excluding hydrogens is 356 g/mol. The van der Waals surface area contributed by atoms with Crippen LogP contribution in [0.1, 0.15) is 98.8 Å². The van der Waals surface area contributed by atoms with Gasteiger partial charge in [0.1, 0.15) is 0 Å². The predicted molar refractivity (Wildman–Crippen MR) is 119 cm³/mol. The van der Waals surface area contributed by atoms with Crippen LogP contribution in [0.4, 0.5) is 0 Å². The van der Waals surface area contributed by atoms with Crippen LogP contribution in [0.25, 0.3) is 0 Å². The number of allylic oxidation sites excluding steroid dienone is 1. The van der Waals surface area contributed by atoms with E-state index in [1.165, 1.54) is 50.5 Å². The van der Waals surface area contributed by atoms with Crippen LogP contribution < -0.4 is 0 Å². The second-order valence-corrected chi connectivity index (χ2v) is 12.2. The largest absolute Gasteiger partial charge is 0.393 e. The van der Waals surface area contributed by atoms with Crippen molar-refractivity contribution < 1.29 is 9.90 Å². The van der Waals surface area contributed by atoms with Gasteiger partial charge < -0.3 is 5.11 Å². The van der Waals surface area contributed by atoms with Crippen LogP contribution in [0.5, 0.6) is 0 Å². The zero-order valence-corrected chi connectivity index (χ0v) is 19.5. The lowest BCUT2D eigenvalue weighted by atomic mass is 9.46. The minimum atomic E-state index is -0.241. The summed E-state index contributed by atoms with van der Waals surface area (Å²) >= 11 is 0. The van der Waals surface area contributed by atoms with Gasteiger partial charge in [-0.3, -0.25) is 4.79 Å². The van der Waals surface area contributed by atoms with Crippen molar-refractivity contribution in [1.29, 1.82) is 0 Å². The second kappa shape index (κ2) is 7.81. The first kappa shape index (κ1) is 21.6. The van der Waals surface area contributed by atoms with E-state index in [0.29, 0.717) is 23.0 Å². The molecule has 4 aliphatic carbocycles. The molecule has 0 bridgehead atoms. The van der Waals surface area contributed by atoms with Gasteiger partial charge in [0.25, 0.3) is 0 Å². The highest BCUT2D eigenvalue weighted by atomic mass is 16.3. The number of rotatable bonds is 5. The van der Waals surface area contributed by atoms with E-state index in [1.807, 2.05) is 6.08 Å². The van der Waals surface area contributed by atoms with Gasteiger partial charge in [-0.2, -0.15) is 0 Å². The van der Waals surface area contributed by atoms with E-state index < -0.39 is 0 Å². The first-order chi connectivity index (χ1) is 13.7. The quantitative estimate of drug-likeness (QED) is 0.567. The molecule has 4 rings (SSSR count). The number of carbonyl (C=O) groups excluding carboxylic acids is 1. The third-order valence-corrected chi connectivity index (χ3v) is 10.1. The summed E-state index contributed by atoms with van der Waals surface area (Å²) in [6.07, 6.45) is 13.6. The molecular formula is C27H44O2. The molecule has 0 amide bonds. The molecule has 2 nitrogen and oxygen atoms in total. The molecule has 0 spiro atoms. The maximum atomic E-state index is 13.4. The Bertz CT molecular complexity index is 663. The molecule has 0 aliphatic heterocycles. The summed E-state index contributed by atoms with van der Waals surface area (Å²) in [5, 5.41) is 10.2. The number of hydrogen-bond donors (Lipinski definition) is 1. The van der Waals surface area contributed by atoms with Crippen LogP contribution >= 0.6 is 0 Å². The van der Waals surface area contributed by atoms with E-state index in [9.17, 15) is 9.90 Å². The van der Waals surface area contributed by atoms with Crippen LogP contribution in [0.15, 0.2) is 11.6 Å². The molecule has 0 radical (unpaired) electrons. The Kier molecular flexibility index (Phi) is 5.82. The zero-order chi connectivity index (χ0) is 21.0. The van der Waals surface area contributed by atoms with Crippen LogP contribution in [-0.2, 0) is 4.79 Å². The maximum absolute atomic E-state index is 13.4. The van der Waals surface area contributed by atoms with E-state index in [-0.39, 0.29) is 17.4 Å². The van der Waals surface area contributed by atoms with Crippen molar-refractivity contribution >= 4 is 5.78 Å². The SMILES string of the molecule is CC(C)CCC[C@@H](C)[C@H]1CC[C@H]2[C@@H]3C(=O)C=C4C[C@H](O)CC[C@]4(C)[C@H]3CC[C@]12C. The minimum absolute atomic E-state index is 0.153. The van der Waals surface area contributed by atoms with E-state index in [1.54, 1.807) is 0 Å². The fourth-order valence-corrected chi connectivity index (χ4v) is 8.41. The van der Waals surface area contributed by atoms with Crippen molar-refractivity contribution in [3.8, 4) is 0 Å². The summed E-state index contributed by atoms with van der Waals surface area (Å²) in [6.45, 7) is 12.1. The molecule has 0 heterocycles. The van der Waals surface area contributed by atoms with Crippen molar-refractivity contribution in [3.05, 3.63) is 11.6 Å². The van der Waals surface area contributed by atoms with Gasteiger partial charge in [0.15, 0.2) is 5.78 Å². The lowest BCUT2D eigenvalue weighted by molar-refractivity contribution is -0.135. The number of aliphatic hydroxyl groups is 1. The topological polar surface area (TPSA) is 37.3 Å². The van der Waals surface area contributed by atoms with E-state index in [4.69, 9.17) is 0 Å². The summed E-state index contributed by atoms with van der Waals surface area (Å²) in [5.74, 6) is 4.11. The van der Waals surface area contributed by atoms with Crippen LogP contribution in [0.2, 0.25) is 0 Å². The molecule has 8 atom stereocenters. The van der Waals surface area contributed by atoms with E-state index in [0.717, 1.165) is 37.0 Å². The molecule has 4 aliphatic rings. The van der Waals surface area contributed by atoms with Gasteiger partial charge in [-0.15, -0.1) is 0 Å². The smallest absolute Gasteiger partial charge is 0.159 e. The van der Waals surface area contributed by atoms with Crippen LogP contribution in [-0.4, -0.2) is 17.0 Å². The van der Waals surface area contributed by atoms with Gasteiger partial charge in [-0.05, 0) is 91.4 Å². The fourth-order valence-electron chi connectivity index (χ4n) is 8.41. The Morgan fingerprint density at radius 2 is 1.79 bits per heavy atom. The number of hydrogen-bond acceptors (Lipinski definition) is 2. The number of aliphatic hydroxyl groups excluding tert-OH is 1. The maximum Gasteiger partial charge on any atom is 0.159 e. The number of fused-ring (bicyclic) bond motifs is 5. The molecule has 164 valence electrons. The lowest BCUT2D eigenvalue weighted by Crippen LogP contribution is -2.53. The van der Waals surface area contributed by atoms with Crippen molar-refractivity contribution in [1.82, 2.24) is 0 Å². The number of ketones is 1. The highest BCUT2D eigenvalue weighted by Crippen LogP contribution is 2.66.